The minimum Gasteiger partial charge on any atom is -0.489 e. The molecule has 0 aromatic carbocycles. The number of hydrogen-bond donors (Lipinski definition) is 2. The number of carbonyl (C=O) groups excluding carboxylic acids is 2. The van der Waals surface area contributed by atoms with Gasteiger partial charge in [-0.1, -0.05) is 13.8 Å². The molecular formula is C25H35FN4O5. The largest absolute Gasteiger partial charge is 0.489 e. The van der Waals surface area contributed by atoms with Gasteiger partial charge in [0.1, 0.15) is 23.8 Å². The first-order chi connectivity index (χ1) is 16.2. The van der Waals surface area contributed by atoms with Gasteiger partial charge in [-0.15, -0.1) is 0 Å². The fourth-order valence-corrected chi connectivity index (χ4v) is 3.54. The van der Waals surface area contributed by atoms with E-state index in [2.05, 4.69) is 39.2 Å². The first-order valence-electron chi connectivity index (χ1n) is 11.3. The van der Waals surface area contributed by atoms with Gasteiger partial charge in [0.25, 0.3) is 0 Å². The average molecular weight is 491 g/mol. The summed E-state index contributed by atoms with van der Waals surface area (Å²) in [4.78, 5) is 32.1. The Morgan fingerprint density at radius 3 is 2.40 bits per heavy atom. The van der Waals surface area contributed by atoms with Crippen molar-refractivity contribution in [3.05, 3.63) is 35.9 Å². The highest BCUT2D eigenvalue weighted by Crippen LogP contribution is 2.28. The maximum absolute atomic E-state index is 14.4. The van der Waals surface area contributed by atoms with Crippen molar-refractivity contribution in [1.82, 2.24) is 15.3 Å². The second kappa shape index (κ2) is 11.3. The summed E-state index contributed by atoms with van der Waals surface area (Å²) in [6.07, 6.45) is 0.433. The van der Waals surface area contributed by atoms with E-state index < -0.39 is 29.1 Å². The molecule has 2 heterocycles. The van der Waals surface area contributed by atoms with Crippen LogP contribution in [0.2, 0.25) is 0 Å². The third-order valence-corrected chi connectivity index (χ3v) is 4.79. The van der Waals surface area contributed by atoms with E-state index >= 15 is 0 Å². The monoisotopic (exact) mass is 490 g/mol. The lowest BCUT2D eigenvalue weighted by molar-refractivity contribution is 0.0407. The van der Waals surface area contributed by atoms with E-state index in [0.29, 0.717) is 29.5 Å². The number of alkyl carbamates (subject to hydrolysis) is 1. The summed E-state index contributed by atoms with van der Waals surface area (Å²) in [5.74, 6) is 0.331. The molecule has 0 spiro atoms. The van der Waals surface area contributed by atoms with Crippen LogP contribution in [0.1, 0.15) is 53.7 Å². The van der Waals surface area contributed by atoms with Crippen LogP contribution in [0.25, 0.3) is 11.3 Å². The molecule has 0 bridgehead atoms. The van der Waals surface area contributed by atoms with Crippen LogP contribution in [0.4, 0.5) is 19.8 Å². The Kier molecular flexibility index (Phi) is 9.00. The molecule has 192 valence electrons. The van der Waals surface area contributed by atoms with Crippen LogP contribution in [0, 0.1) is 18.7 Å². The zero-order chi connectivity index (χ0) is 26.4. The molecule has 0 radical (unpaired) electrons. The second-order valence-electron chi connectivity index (χ2n) is 10.0. The Labute approximate surface area is 205 Å². The highest BCUT2D eigenvalue weighted by molar-refractivity contribution is 5.84. The molecule has 0 aliphatic rings. The molecular weight excluding hydrogens is 455 g/mol. The molecule has 2 N–H and O–H groups in total. The van der Waals surface area contributed by atoms with Crippen molar-refractivity contribution in [3.8, 4) is 17.0 Å². The van der Waals surface area contributed by atoms with Gasteiger partial charge in [-0.2, -0.15) is 0 Å². The van der Waals surface area contributed by atoms with Gasteiger partial charge in [-0.3, -0.25) is 5.32 Å². The molecule has 35 heavy (non-hydrogen) atoms. The Morgan fingerprint density at radius 1 is 1.14 bits per heavy atom. The van der Waals surface area contributed by atoms with Gasteiger partial charge in [0.05, 0.1) is 30.2 Å². The lowest BCUT2D eigenvalue weighted by Gasteiger charge is -2.33. The number of pyridine rings is 2. The molecule has 0 saturated heterocycles. The number of methoxy groups -OCH3 is 1. The minimum absolute atomic E-state index is 0.130. The van der Waals surface area contributed by atoms with Crippen LogP contribution in [-0.2, 0) is 9.47 Å². The van der Waals surface area contributed by atoms with Crippen LogP contribution >= 0.6 is 0 Å². The lowest BCUT2D eigenvalue weighted by atomic mass is 9.91. The molecule has 1 atom stereocenters. The average Bonchev–Trinajstić information content (AvgIpc) is 2.72. The number of carbonyl (C=O) groups is 2. The number of nitrogens with one attached hydrogen (secondary N) is 2. The predicted molar refractivity (Wildman–Crippen MR) is 131 cm³/mol. The van der Waals surface area contributed by atoms with Gasteiger partial charge in [0, 0.05) is 5.56 Å². The molecule has 2 rings (SSSR count). The third kappa shape index (κ3) is 8.70. The van der Waals surface area contributed by atoms with Crippen LogP contribution < -0.4 is 15.4 Å². The van der Waals surface area contributed by atoms with Crippen molar-refractivity contribution in [2.24, 2.45) is 5.92 Å². The van der Waals surface area contributed by atoms with Crippen molar-refractivity contribution >= 4 is 18.0 Å². The second-order valence-corrected chi connectivity index (χ2v) is 10.0. The molecule has 2 aromatic rings. The number of rotatable bonds is 8. The molecule has 0 aliphatic heterocycles. The number of aryl methyl sites for hydroxylation is 1. The number of halogens is 1. The van der Waals surface area contributed by atoms with Crippen molar-refractivity contribution < 1.29 is 28.2 Å². The van der Waals surface area contributed by atoms with Gasteiger partial charge >= 0.3 is 12.2 Å². The van der Waals surface area contributed by atoms with E-state index in [0.717, 1.165) is 6.20 Å². The van der Waals surface area contributed by atoms with Crippen molar-refractivity contribution in [2.45, 2.75) is 66.0 Å². The molecule has 2 amide bonds. The van der Waals surface area contributed by atoms with Crippen molar-refractivity contribution in [2.75, 3.05) is 19.0 Å². The lowest BCUT2D eigenvalue weighted by Crippen LogP contribution is -2.52. The number of nitrogens with zero attached hydrogens (tertiary/aromatic N) is 2. The normalized spacial score (nSPS) is 13.1. The summed E-state index contributed by atoms with van der Waals surface area (Å²) >= 11 is 0. The number of hydrogen-bond acceptors (Lipinski definition) is 7. The summed E-state index contributed by atoms with van der Waals surface area (Å²) in [7, 11) is 1.22. The van der Waals surface area contributed by atoms with Gasteiger partial charge in [0.2, 0.25) is 0 Å². The molecule has 0 saturated carbocycles. The first kappa shape index (κ1) is 27.8. The van der Waals surface area contributed by atoms with Gasteiger partial charge in [-0.05, 0) is 65.2 Å². The van der Waals surface area contributed by atoms with Crippen molar-refractivity contribution in [1.29, 1.82) is 0 Å². The maximum Gasteiger partial charge on any atom is 0.412 e. The minimum atomic E-state index is -0.715. The summed E-state index contributed by atoms with van der Waals surface area (Å²) in [6, 6.07) is 4.68. The fourth-order valence-electron chi connectivity index (χ4n) is 3.54. The third-order valence-electron chi connectivity index (χ3n) is 4.79. The van der Waals surface area contributed by atoms with Crippen molar-refractivity contribution in [3.63, 3.8) is 0 Å². The summed E-state index contributed by atoms with van der Waals surface area (Å²) in [5, 5.41) is 5.34. The Bertz CT molecular complexity index is 1050. The Hall–Kier alpha value is -3.43. The molecule has 1 unspecified atom stereocenters. The molecule has 2 aromatic heterocycles. The molecule has 0 aliphatic carbocycles. The predicted octanol–water partition coefficient (Wildman–Crippen LogP) is 5.48. The van der Waals surface area contributed by atoms with E-state index in [4.69, 9.17) is 9.47 Å². The SMILES string of the molecule is COC(=O)Nc1cc(-c2ccc(OCC(C)(CC(C)C)NC(=O)OC(C)(C)C)c(C)n2)c(F)cn1. The summed E-state index contributed by atoms with van der Waals surface area (Å²) in [5.41, 5.74) is -0.260. The Balaban J connectivity index is 2.20. The number of ether oxygens (including phenoxy) is 3. The van der Waals surface area contributed by atoms with Gasteiger partial charge < -0.3 is 19.5 Å². The zero-order valence-electron chi connectivity index (χ0n) is 21.6. The summed E-state index contributed by atoms with van der Waals surface area (Å²) in [6.45, 7) is 13.4. The fraction of sp³-hybridized carbons (Fsp3) is 0.520. The van der Waals surface area contributed by atoms with E-state index in [1.54, 1.807) is 39.8 Å². The highest BCUT2D eigenvalue weighted by atomic mass is 19.1. The quantitative estimate of drug-likeness (QED) is 0.504. The smallest absolute Gasteiger partial charge is 0.412 e. The van der Waals surface area contributed by atoms with Crippen LogP contribution in [0.15, 0.2) is 24.4 Å². The maximum atomic E-state index is 14.4. The van der Waals surface area contributed by atoms with E-state index in [1.807, 2.05) is 6.92 Å². The first-order valence-corrected chi connectivity index (χ1v) is 11.3. The van der Waals surface area contributed by atoms with Crippen LogP contribution in [0.3, 0.4) is 0 Å². The van der Waals surface area contributed by atoms with E-state index in [1.165, 1.54) is 13.2 Å². The highest BCUT2D eigenvalue weighted by Gasteiger charge is 2.31. The summed E-state index contributed by atoms with van der Waals surface area (Å²) < 4.78 is 30.4. The number of anilines is 1. The van der Waals surface area contributed by atoms with Crippen LogP contribution in [0.5, 0.6) is 5.75 Å². The van der Waals surface area contributed by atoms with Gasteiger partial charge in [0.15, 0.2) is 5.82 Å². The molecule has 0 fully saturated rings. The van der Waals surface area contributed by atoms with Gasteiger partial charge in [-0.25, -0.2) is 23.9 Å². The topological polar surface area (TPSA) is 112 Å². The number of aromatic nitrogens is 2. The standard InChI is InChI=1S/C25H35FN4O5/c1-15(2)12-25(7,30-23(32)35-24(4,5)6)14-34-20-10-9-19(28-16(20)3)17-11-21(27-13-18(17)26)29-22(31)33-8/h9-11,13,15H,12,14H2,1-8H3,(H,30,32)(H,27,29,31). The van der Waals surface area contributed by atoms with E-state index in [9.17, 15) is 14.0 Å². The molecule has 9 nitrogen and oxygen atoms in total. The Morgan fingerprint density at radius 2 is 1.83 bits per heavy atom. The molecule has 10 heteroatoms. The number of amides is 2. The van der Waals surface area contributed by atoms with Crippen LogP contribution in [-0.4, -0.2) is 47.0 Å². The zero-order valence-corrected chi connectivity index (χ0v) is 21.6. The van der Waals surface area contributed by atoms with E-state index in [-0.39, 0.29) is 18.0 Å².